The summed E-state index contributed by atoms with van der Waals surface area (Å²) in [5, 5.41) is 8.65. The van der Waals surface area contributed by atoms with Crippen LogP contribution >= 0.6 is 11.3 Å². The molecular formula is C14H20N2O3S2. The average molecular weight is 328 g/mol. The van der Waals surface area contributed by atoms with Gasteiger partial charge in [-0.15, -0.1) is 11.3 Å². The molecule has 0 unspecified atom stereocenters. The van der Waals surface area contributed by atoms with Crippen molar-refractivity contribution in [1.29, 1.82) is 0 Å². The summed E-state index contributed by atoms with van der Waals surface area (Å²) in [7, 11) is -3.40. The molecule has 1 fully saturated rings. The highest BCUT2D eigenvalue weighted by molar-refractivity contribution is 7.87. The molecule has 1 saturated heterocycles. The second-order valence-electron chi connectivity index (χ2n) is 4.87. The third kappa shape index (κ3) is 5.09. The summed E-state index contributed by atoms with van der Waals surface area (Å²) in [6.45, 7) is 1.32. The van der Waals surface area contributed by atoms with E-state index in [2.05, 4.69) is 16.6 Å². The Morgan fingerprint density at radius 2 is 1.95 bits per heavy atom. The predicted molar refractivity (Wildman–Crippen MR) is 84.1 cm³/mol. The fraction of sp³-hybridized carbons (Fsp3) is 0.571. The van der Waals surface area contributed by atoms with Gasteiger partial charge in [0.15, 0.2) is 0 Å². The molecule has 0 radical (unpaired) electrons. The Labute approximate surface area is 130 Å². The van der Waals surface area contributed by atoms with E-state index in [0.29, 0.717) is 13.1 Å². The van der Waals surface area contributed by atoms with Crippen LogP contribution in [0.4, 0.5) is 0 Å². The van der Waals surface area contributed by atoms with E-state index in [1.165, 1.54) is 11.3 Å². The largest absolute Gasteiger partial charge is 0.384 e. The first kappa shape index (κ1) is 16.5. The fourth-order valence-corrected chi connectivity index (χ4v) is 4.38. The van der Waals surface area contributed by atoms with Crippen LogP contribution in [0.3, 0.4) is 0 Å². The molecular weight excluding hydrogens is 308 g/mol. The quantitative estimate of drug-likeness (QED) is 0.819. The molecule has 1 aliphatic heterocycles. The van der Waals surface area contributed by atoms with Crippen LogP contribution in [0.1, 0.15) is 35.4 Å². The van der Waals surface area contributed by atoms with Crippen molar-refractivity contribution in [3.63, 3.8) is 0 Å². The molecule has 1 aromatic rings. The van der Waals surface area contributed by atoms with E-state index < -0.39 is 10.2 Å². The molecule has 116 valence electrons. The van der Waals surface area contributed by atoms with Crippen molar-refractivity contribution < 1.29 is 13.5 Å². The highest BCUT2D eigenvalue weighted by atomic mass is 32.2. The SMILES string of the molecule is O=S(=O)(NCc1ccc(C#CCO)s1)N1CCCCCC1. The van der Waals surface area contributed by atoms with Gasteiger partial charge in [0.05, 0.1) is 4.88 Å². The molecule has 1 aliphatic rings. The number of aliphatic hydroxyl groups is 1. The van der Waals surface area contributed by atoms with Gasteiger partial charge in [-0.25, -0.2) is 0 Å². The van der Waals surface area contributed by atoms with Crippen molar-refractivity contribution in [2.24, 2.45) is 0 Å². The van der Waals surface area contributed by atoms with E-state index in [9.17, 15) is 8.42 Å². The van der Waals surface area contributed by atoms with Crippen LogP contribution in [0.5, 0.6) is 0 Å². The maximum absolute atomic E-state index is 12.2. The van der Waals surface area contributed by atoms with Gasteiger partial charge < -0.3 is 5.11 Å². The number of thiophene rings is 1. The fourth-order valence-electron chi connectivity index (χ4n) is 2.20. The topological polar surface area (TPSA) is 69.6 Å². The molecule has 21 heavy (non-hydrogen) atoms. The Hall–Kier alpha value is -0.910. The Morgan fingerprint density at radius 1 is 1.24 bits per heavy atom. The first-order chi connectivity index (χ1) is 10.1. The summed E-state index contributed by atoms with van der Waals surface area (Å²) in [5.74, 6) is 5.39. The molecule has 0 spiro atoms. The van der Waals surface area contributed by atoms with Crippen LogP contribution in [0.15, 0.2) is 12.1 Å². The van der Waals surface area contributed by atoms with Crippen LogP contribution in [0.2, 0.25) is 0 Å². The lowest BCUT2D eigenvalue weighted by molar-refractivity contribution is 0.350. The molecule has 1 aromatic heterocycles. The minimum Gasteiger partial charge on any atom is -0.384 e. The van der Waals surface area contributed by atoms with E-state index in [1.54, 1.807) is 4.31 Å². The number of hydrogen-bond acceptors (Lipinski definition) is 4. The standard InChI is InChI=1S/C14H20N2O3S2/c17-11-5-6-13-7-8-14(20-13)12-15-21(18,19)16-9-3-1-2-4-10-16/h7-8,15,17H,1-4,9-12H2. The van der Waals surface area contributed by atoms with Gasteiger partial charge in [0.1, 0.15) is 6.61 Å². The molecule has 7 heteroatoms. The Morgan fingerprint density at radius 3 is 2.62 bits per heavy atom. The van der Waals surface area contributed by atoms with Crippen LogP contribution in [0.25, 0.3) is 0 Å². The maximum atomic E-state index is 12.2. The Bertz CT molecular complexity index is 606. The van der Waals surface area contributed by atoms with E-state index >= 15 is 0 Å². The predicted octanol–water partition coefficient (Wildman–Crippen LogP) is 1.30. The van der Waals surface area contributed by atoms with Gasteiger partial charge in [0.2, 0.25) is 0 Å². The van der Waals surface area contributed by atoms with Gasteiger partial charge in [-0.05, 0) is 25.0 Å². The normalized spacial score (nSPS) is 17.0. The molecule has 2 N–H and O–H groups in total. The van der Waals surface area contributed by atoms with Crippen molar-refractivity contribution in [2.75, 3.05) is 19.7 Å². The zero-order valence-corrected chi connectivity index (χ0v) is 13.5. The number of nitrogens with one attached hydrogen (secondary N) is 1. The lowest BCUT2D eigenvalue weighted by Crippen LogP contribution is -2.40. The van der Waals surface area contributed by atoms with Crippen LogP contribution in [0, 0.1) is 11.8 Å². The number of nitrogens with zero attached hydrogens (tertiary/aromatic N) is 1. The molecule has 2 heterocycles. The van der Waals surface area contributed by atoms with Gasteiger partial charge in [0, 0.05) is 24.5 Å². The molecule has 0 amide bonds. The third-order valence-electron chi connectivity index (χ3n) is 3.29. The summed E-state index contributed by atoms with van der Waals surface area (Å²) in [4.78, 5) is 1.74. The van der Waals surface area contributed by atoms with Gasteiger partial charge >= 0.3 is 0 Å². The summed E-state index contributed by atoms with van der Waals surface area (Å²) in [6.07, 6.45) is 4.06. The van der Waals surface area contributed by atoms with Crippen molar-refractivity contribution in [3.05, 3.63) is 21.9 Å². The molecule has 5 nitrogen and oxygen atoms in total. The van der Waals surface area contributed by atoms with Gasteiger partial charge in [-0.3, -0.25) is 0 Å². The molecule has 0 saturated carbocycles. The minimum absolute atomic E-state index is 0.172. The zero-order chi connectivity index (χ0) is 15.1. The second-order valence-corrected chi connectivity index (χ2v) is 7.79. The summed E-state index contributed by atoms with van der Waals surface area (Å²) in [5.41, 5.74) is 0. The van der Waals surface area contributed by atoms with E-state index in [1.807, 2.05) is 12.1 Å². The lowest BCUT2D eigenvalue weighted by Gasteiger charge is -2.19. The lowest BCUT2D eigenvalue weighted by atomic mass is 10.2. The van der Waals surface area contributed by atoms with Crippen molar-refractivity contribution in [2.45, 2.75) is 32.2 Å². The molecule has 0 bridgehead atoms. The summed E-state index contributed by atoms with van der Waals surface area (Å²) >= 11 is 1.43. The van der Waals surface area contributed by atoms with E-state index in [0.717, 1.165) is 35.4 Å². The second kappa shape index (κ2) is 7.92. The van der Waals surface area contributed by atoms with Gasteiger partial charge in [-0.1, -0.05) is 24.7 Å². The van der Waals surface area contributed by atoms with Crippen molar-refractivity contribution in [1.82, 2.24) is 9.03 Å². The van der Waals surface area contributed by atoms with Gasteiger partial charge in [-0.2, -0.15) is 17.4 Å². The first-order valence-electron chi connectivity index (χ1n) is 7.05. The Balaban J connectivity index is 1.93. The number of aliphatic hydroxyl groups excluding tert-OH is 1. The smallest absolute Gasteiger partial charge is 0.279 e. The van der Waals surface area contributed by atoms with Gasteiger partial charge in [0.25, 0.3) is 10.2 Å². The maximum Gasteiger partial charge on any atom is 0.279 e. The molecule has 0 aromatic carbocycles. The monoisotopic (exact) mass is 328 g/mol. The van der Waals surface area contributed by atoms with Crippen molar-refractivity contribution >= 4 is 21.5 Å². The van der Waals surface area contributed by atoms with Crippen molar-refractivity contribution in [3.8, 4) is 11.8 Å². The summed E-state index contributed by atoms with van der Waals surface area (Å²) in [6, 6.07) is 3.69. The highest BCUT2D eigenvalue weighted by Gasteiger charge is 2.22. The molecule has 0 aliphatic carbocycles. The third-order valence-corrected chi connectivity index (χ3v) is 5.84. The average Bonchev–Trinajstić information content (AvgIpc) is 2.73. The van der Waals surface area contributed by atoms with E-state index in [-0.39, 0.29) is 13.2 Å². The van der Waals surface area contributed by atoms with Crippen LogP contribution < -0.4 is 4.72 Å². The van der Waals surface area contributed by atoms with Crippen LogP contribution in [-0.4, -0.2) is 37.5 Å². The first-order valence-corrected chi connectivity index (χ1v) is 9.30. The zero-order valence-electron chi connectivity index (χ0n) is 11.8. The molecule has 0 atom stereocenters. The highest BCUT2D eigenvalue weighted by Crippen LogP contribution is 2.17. The molecule has 2 rings (SSSR count). The summed E-state index contributed by atoms with van der Waals surface area (Å²) < 4.78 is 28.7. The minimum atomic E-state index is -3.40. The number of hydrogen-bond donors (Lipinski definition) is 2. The van der Waals surface area contributed by atoms with E-state index in [4.69, 9.17) is 5.11 Å². The number of rotatable bonds is 4. The van der Waals surface area contributed by atoms with Crippen LogP contribution in [-0.2, 0) is 16.8 Å². The Kier molecular flexibility index (Phi) is 6.21.